The Morgan fingerprint density at radius 3 is 2.29 bits per heavy atom. The van der Waals surface area contributed by atoms with Gasteiger partial charge in [0.2, 0.25) is 0 Å². The summed E-state index contributed by atoms with van der Waals surface area (Å²) in [6.07, 6.45) is 0.620. The van der Waals surface area contributed by atoms with E-state index in [-0.39, 0.29) is 0 Å². The molecule has 1 aromatic rings. The van der Waals surface area contributed by atoms with Crippen LogP contribution in [0.5, 0.6) is 0 Å². The van der Waals surface area contributed by atoms with Gasteiger partial charge in [-0.05, 0) is 31.9 Å². The van der Waals surface area contributed by atoms with Crippen molar-refractivity contribution in [3.63, 3.8) is 0 Å². The summed E-state index contributed by atoms with van der Waals surface area (Å²) in [5.74, 6) is 0.684. The summed E-state index contributed by atoms with van der Waals surface area (Å²) in [4.78, 5) is 2.57. The van der Waals surface area contributed by atoms with Crippen LogP contribution in [0, 0.1) is 5.92 Å². The van der Waals surface area contributed by atoms with E-state index in [1.165, 1.54) is 5.56 Å². The fourth-order valence-corrected chi connectivity index (χ4v) is 3.11. The lowest BCUT2D eigenvalue weighted by atomic mass is 10.0. The molecule has 3 heteroatoms. The van der Waals surface area contributed by atoms with Gasteiger partial charge in [-0.1, -0.05) is 44.2 Å². The molecule has 0 spiro atoms. The maximum atomic E-state index is 5.88. The minimum atomic E-state index is 0.310. The molecular weight excluding hydrogens is 260 g/mol. The molecule has 0 radical (unpaired) electrons. The molecule has 1 aromatic carbocycles. The Morgan fingerprint density at radius 1 is 1.10 bits per heavy atom. The summed E-state index contributed by atoms with van der Waals surface area (Å²) in [5, 5.41) is 3.63. The van der Waals surface area contributed by atoms with E-state index in [9.17, 15) is 0 Å². The Morgan fingerprint density at radius 2 is 1.71 bits per heavy atom. The fourth-order valence-electron chi connectivity index (χ4n) is 3.11. The van der Waals surface area contributed by atoms with E-state index in [2.05, 4.69) is 68.2 Å². The van der Waals surface area contributed by atoms with Crippen LogP contribution in [0.2, 0.25) is 0 Å². The molecule has 3 atom stereocenters. The second-order valence-electron chi connectivity index (χ2n) is 6.69. The van der Waals surface area contributed by atoms with Gasteiger partial charge < -0.3 is 10.1 Å². The van der Waals surface area contributed by atoms with Gasteiger partial charge in [0.1, 0.15) is 0 Å². The third kappa shape index (κ3) is 5.10. The lowest BCUT2D eigenvalue weighted by molar-refractivity contribution is -0.0807. The van der Waals surface area contributed by atoms with Crippen LogP contribution in [0.25, 0.3) is 0 Å². The Labute approximate surface area is 129 Å². The van der Waals surface area contributed by atoms with Gasteiger partial charge in [-0.3, -0.25) is 4.90 Å². The highest BCUT2D eigenvalue weighted by molar-refractivity contribution is 5.19. The molecule has 1 saturated heterocycles. The van der Waals surface area contributed by atoms with Crippen LogP contribution in [-0.2, 0) is 4.74 Å². The Bertz CT molecular complexity index is 397. The molecule has 0 bridgehead atoms. The van der Waals surface area contributed by atoms with Gasteiger partial charge in [0.05, 0.1) is 12.2 Å². The third-order valence-electron chi connectivity index (χ3n) is 3.96. The number of nitrogens with zero attached hydrogens (tertiary/aromatic N) is 1. The minimum Gasteiger partial charge on any atom is -0.373 e. The monoisotopic (exact) mass is 290 g/mol. The van der Waals surface area contributed by atoms with Crippen LogP contribution in [-0.4, -0.2) is 43.3 Å². The van der Waals surface area contributed by atoms with Crippen LogP contribution in [0.1, 0.15) is 39.3 Å². The zero-order chi connectivity index (χ0) is 15.2. The third-order valence-corrected chi connectivity index (χ3v) is 3.96. The first-order chi connectivity index (χ1) is 10.1. The molecule has 0 aromatic heterocycles. The molecule has 1 aliphatic heterocycles. The number of hydrogen-bond donors (Lipinski definition) is 1. The Balaban J connectivity index is 2.07. The standard InChI is InChI=1S/C18H30N2O/c1-14(2)10-19-11-18(17-8-6-5-7-9-17)20-12-15(3)21-16(4)13-20/h5-9,14-16,18-19H,10-13H2,1-4H3/t15-,16+,18?. The van der Waals surface area contributed by atoms with Crippen molar-refractivity contribution in [3.8, 4) is 0 Å². The molecule has 0 aliphatic carbocycles. The van der Waals surface area contributed by atoms with Crippen molar-refractivity contribution in [2.24, 2.45) is 5.92 Å². The molecule has 118 valence electrons. The van der Waals surface area contributed by atoms with Crippen molar-refractivity contribution in [2.45, 2.75) is 45.9 Å². The number of ether oxygens (including phenoxy) is 1. The maximum Gasteiger partial charge on any atom is 0.0678 e. The van der Waals surface area contributed by atoms with Gasteiger partial charge in [-0.2, -0.15) is 0 Å². The molecule has 1 unspecified atom stereocenters. The molecule has 1 fully saturated rings. The van der Waals surface area contributed by atoms with E-state index >= 15 is 0 Å². The molecule has 2 rings (SSSR count). The lowest BCUT2D eigenvalue weighted by Crippen LogP contribution is -2.49. The van der Waals surface area contributed by atoms with Crippen molar-refractivity contribution >= 4 is 0 Å². The van der Waals surface area contributed by atoms with Crippen LogP contribution in [0.15, 0.2) is 30.3 Å². The van der Waals surface area contributed by atoms with Crippen LogP contribution in [0.3, 0.4) is 0 Å². The molecule has 0 amide bonds. The smallest absolute Gasteiger partial charge is 0.0678 e. The van der Waals surface area contributed by atoms with Crippen molar-refractivity contribution in [3.05, 3.63) is 35.9 Å². The largest absolute Gasteiger partial charge is 0.373 e. The summed E-state index contributed by atoms with van der Waals surface area (Å²) < 4.78 is 5.88. The Hall–Kier alpha value is -0.900. The molecule has 21 heavy (non-hydrogen) atoms. The minimum absolute atomic E-state index is 0.310. The van der Waals surface area contributed by atoms with Crippen molar-refractivity contribution in [1.29, 1.82) is 0 Å². The quantitative estimate of drug-likeness (QED) is 0.871. The molecule has 1 heterocycles. The van der Waals surface area contributed by atoms with E-state index < -0.39 is 0 Å². The lowest BCUT2D eigenvalue weighted by Gasteiger charge is -2.40. The zero-order valence-corrected chi connectivity index (χ0v) is 13.9. The van der Waals surface area contributed by atoms with Crippen LogP contribution >= 0.6 is 0 Å². The zero-order valence-electron chi connectivity index (χ0n) is 13.9. The summed E-state index contributed by atoms with van der Waals surface area (Å²) in [5.41, 5.74) is 1.40. The maximum absolute atomic E-state index is 5.88. The first-order valence-electron chi connectivity index (χ1n) is 8.21. The normalized spacial score (nSPS) is 25.2. The van der Waals surface area contributed by atoms with E-state index in [1.54, 1.807) is 0 Å². The number of rotatable bonds is 6. The number of nitrogens with one attached hydrogen (secondary N) is 1. The van der Waals surface area contributed by atoms with Gasteiger partial charge in [0.15, 0.2) is 0 Å². The highest BCUT2D eigenvalue weighted by atomic mass is 16.5. The summed E-state index contributed by atoms with van der Waals surface area (Å²) >= 11 is 0. The SMILES string of the molecule is CC(C)CNCC(c1ccccc1)N1C[C@@H](C)O[C@@H](C)C1. The molecule has 1 aliphatic rings. The van der Waals surface area contributed by atoms with Gasteiger partial charge in [-0.25, -0.2) is 0 Å². The van der Waals surface area contributed by atoms with Crippen LogP contribution < -0.4 is 5.32 Å². The van der Waals surface area contributed by atoms with Gasteiger partial charge in [0.25, 0.3) is 0 Å². The summed E-state index contributed by atoms with van der Waals surface area (Å²) in [7, 11) is 0. The first-order valence-corrected chi connectivity index (χ1v) is 8.21. The van der Waals surface area contributed by atoms with E-state index in [0.717, 1.165) is 26.2 Å². The molecule has 1 N–H and O–H groups in total. The van der Waals surface area contributed by atoms with Crippen molar-refractivity contribution < 1.29 is 4.74 Å². The second kappa shape index (κ2) is 7.92. The second-order valence-corrected chi connectivity index (χ2v) is 6.69. The molecular formula is C18H30N2O. The van der Waals surface area contributed by atoms with Gasteiger partial charge in [-0.15, -0.1) is 0 Å². The predicted molar refractivity (Wildman–Crippen MR) is 88.5 cm³/mol. The molecule has 0 saturated carbocycles. The Kier molecular flexibility index (Phi) is 6.22. The van der Waals surface area contributed by atoms with E-state index in [1.807, 2.05) is 0 Å². The highest BCUT2D eigenvalue weighted by Crippen LogP contribution is 2.24. The average molecular weight is 290 g/mol. The predicted octanol–water partition coefficient (Wildman–Crippen LogP) is 3.08. The van der Waals surface area contributed by atoms with E-state index in [4.69, 9.17) is 4.74 Å². The first kappa shape index (κ1) is 16.5. The van der Waals surface area contributed by atoms with Crippen molar-refractivity contribution in [2.75, 3.05) is 26.2 Å². The van der Waals surface area contributed by atoms with Gasteiger partial charge in [0, 0.05) is 25.7 Å². The summed E-state index contributed by atoms with van der Waals surface area (Å²) in [6.45, 7) is 12.9. The van der Waals surface area contributed by atoms with Gasteiger partial charge >= 0.3 is 0 Å². The summed E-state index contributed by atoms with van der Waals surface area (Å²) in [6, 6.07) is 11.3. The number of morpholine rings is 1. The number of hydrogen-bond acceptors (Lipinski definition) is 3. The highest BCUT2D eigenvalue weighted by Gasteiger charge is 2.28. The average Bonchev–Trinajstić information content (AvgIpc) is 2.43. The van der Waals surface area contributed by atoms with Crippen LogP contribution in [0.4, 0.5) is 0 Å². The van der Waals surface area contributed by atoms with Crippen molar-refractivity contribution in [1.82, 2.24) is 10.2 Å². The topological polar surface area (TPSA) is 24.5 Å². The fraction of sp³-hybridized carbons (Fsp3) is 0.667. The van der Waals surface area contributed by atoms with E-state index in [0.29, 0.717) is 24.2 Å². The molecule has 3 nitrogen and oxygen atoms in total. The number of benzene rings is 1.